The van der Waals surface area contributed by atoms with Gasteiger partial charge in [-0.3, -0.25) is 14.2 Å². The maximum atomic E-state index is 13.2. The number of aromatic amines is 1. The number of anilines is 1. The zero-order valence-electron chi connectivity index (χ0n) is 15.8. The first kappa shape index (κ1) is 20.1. The molecule has 1 amide bonds. The third kappa shape index (κ3) is 3.92. The van der Waals surface area contributed by atoms with Gasteiger partial charge in [-0.05, 0) is 85.2 Å². The quantitative estimate of drug-likeness (QED) is 0.342. The zero-order chi connectivity index (χ0) is 21.3. The summed E-state index contributed by atoms with van der Waals surface area (Å²) in [5, 5.41) is 3.21. The monoisotopic (exact) mass is 437 g/mol. The molecule has 0 spiro atoms. The molecule has 4 aromatic rings. The number of carbonyl (C=O) groups excluding carboxylic acids is 1. The van der Waals surface area contributed by atoms with Crippen LogP contribution in [0, 0.1) is 10.6 Å². The predicted molar refractivity (Wildman–Crippen MR) is 121 cm³/mol. The summed E-state index contributed by atoms with van der Waals surface area (Å²) in [5.74, 6) is -0.697. The molecular weight excluding hydrogens is 421 g/mol. The Hall–Kier alpha value is -3.23. The Bertz CT molecular complexity index is 1360. The maximum Gasteiger partial charge on any atom is 0.266 e. The van der Waals surface area contributed by atoms with Crippen LogP contribution < -0.4 is 10.9 Å². The Morgan fingerprint density at radius 3 is 2.43 bits per heavy atom. The number of hydrogen-bond acceptors (Lipinski definition) is 4. The van der Waals surface area contributed by atoms with Gasteiger partial charge in [-0.15, -0.1) is 11.8 Å². The lowest BCUT2D eigenvalue weighted by Crippen LogP contribution is -2.21. The van der Waals surface area contributed by atoms with E-state index in [1.165, 1.54) is 28.8 Å². The Kier molecular flexibility index (Phi) is 5.52. The molecule has 0 saturated carbocycles. The van der Waals surface area contributed by atoms with Crippen LogP contribution in [0.2, 0.25) is 0 Å². The molecule has 2 N–H and O–H groups in total. The number of nitrogens with one attached hydrogen (secondary N) is 2. The van der Waals surface area contributed by atoms with E-state index in [0.717, 1.165) is 4.90 Å². The van der Waals surface area contributed by atoms with Crippen molar-refractivity contribution in [3.63, 3.8) is 0 Å². The second-order valence-corrected chi connectivity index (χ2v) is 7.76. The third-order valence-electron chi connectivity index (χ3n) is 4.59. The average molecular weight is 438 g/mol. The summed E-state index contributed by atoms with van der Waals surface area (Å²) in [6.07, 6.45) is 1.98. The molecule has 3 aromatic carbocycles. The minimum atomic E-state index is -0.402. The van der Waals surface area contributed by atoms with Crippen molar-refractivity contribution in [2.75, 3.05) is 11.6 Å². The Morgan fingerprint density at radius 1 is 1.07 bits per heavy atom. The largest absolute Gasteiger partial charge is 0.331 e. The van der Waals surface area contributed by atoms with Crippen molar-refractivity contribution in [1.29, 1.82) is 0 Å². The summed E-state index contributed by atoms with van der Waals surface area (Å²) < 4.78 is 14.7. The Labute approximate surface area is 180 Å². The summed E-state index contributed by atoms with van der Waals surface area (Å²) in [4.78, 5) is 29.7. The van der Waals surface area contributed by atoms with E-state index in [1.54, 1.807) is 30.0 Å². The van der Waals surface area contributed by atoms with Crippen LogP contribution in [0.1, 0.15) is 10.4 Å². The smallest absolute Gasteiger partial charge is 0.266 e. The molecule has 1 heterocycles. The summed E-state index contributed by atoms with van der Waals surface area (Å²) in [6.45, 7) is 0. The van der Waals surface area contributed by atoms with Gasteiger partial charge < -0.3 is 10.3 Å². The number of amides is 1. The minimum absolute atomic E-state index is 0.157. The SMILES string of the molecule is CSc1ccc(NC(=O)c2ccc3c(=O)n(-c4ccc(F)cc4)c(=S)[nH]c3c2)cc1. The van der Waals surface area contributed by atoms with Crippen LogP contribution in [0.15, 0.2) is 76.4 Å². The third-order valence-corrected chi connectivity index (χ3v) is 5.62. The molecule has 0 aliphatic rings. The maximum absolute atomic E-state index is 13.2. The summed E-state index contributed by atoms with van der Waals surface area (Å²) >= 11 is 6.95. The molecule has 0 radical (unpaired) electrons. The molecule has 0 atom stereocenters. The number of H-pyrrole nitrogens is 1. The van der Waals surface area contributed by atoms with Gasteiger partial charge in [-0.1, -0.05) is 0 Å². The number of rotatable bonds is 4. The molecule has 5 nitrogen and oxygen atoms in total. The van der Waals surface area contributed by atoms with Crippen molar-refractivity contribution in [3.8, 4) is 5.69 Å². The van der Waals surface area contributed by atoms with Crippen LogP contribution in [0.5, 0.6) is 0 Å². The molecular formula is C22H16FN3O2S2. The Morgan fingerprint density at radius 2 is 1.77 bits per heavy atom. The van der Waals surface area contributed by atoms with Crippen molar-refractivity contribution >= 4 is 46.5 Å². The second-order valence-electron chi connectivity index (χ2n) is 6.49. The fourth-order valence-corrected chi connectivity index (χ4v) is 3.77. The fraction of sp³-hybridized carbons (Fsp3) is 0.0455. The van der Waals surface area contributed by atoms with Crippen molar-refractivity contribution in [3.05, 3.63) is 93.2 Å². The van der Waals surface area contributed by atoms with Gasteiger partial charge in [-0.25, -0.2) is 4.39 Å². The number of carbonyl (C=O) groups is 1. The number of fused-ring (bicyclic) bond motifs is 1. The first-order chi connectivity index (χ1) is 14.5. The van der Waals surface area contributed by atoms with Crippen LogP contribution >= 0.6 is 24.0 Å². The van der Waals surface area contributed by atoms with Crippen molar-refractivity contribution in [1.82, 2.24) is 9.55 Å². The fourth-order valence-electron chi connectivity index (χ4n) is 3.06. The number of benzene rings is 3. The molecule has 0 unspecified atom stereocenters. The lowest BCUT2D eigenvalue weighted by molar-refractivity contribution is 0.102. The van der Waals surface area contributed by atoms with E-state index >= 15 is 0 Å². The number of nitrogens with zero attached hydrogens (tertiary/aromatic N) is 1. The minimum Gasteiger partial charge on any atom is -0.331 e. The van der Waals surface area contributed by atoms with Crippen LogP contribution in [-0.4, -0.2) is 21.7 Å². The lowest BCUT2D eigenvalue weighted by atomic mass is 10.1. The highest BCUT2D eigenvalue weighted by Crippen LogP contribution is 2.19. The van der Waals surface area contributed by atoms with Crippen LogP contribution in [0.3, 0.4) is 0 Å². The molecule has 0 bridgehead atoms. The molecule has 0 aliphatic carbocycles. The van der Waals surface area contributed by atoms with E-state index in [2.05, 4.69) is 10.3 Å². The van der Waals surface area contributed by atoms with Crippen LogP contribution in [0.25, 0.3) is 16.6 Å². The van der Waals surface area contributed by atoms with Gasteiger partial charge >= 0.3 is 0 Å². The molecule has 0 fully saturated rings. The van der Waals surface area contributed by atoms with Crippen molar-refractivity contribution in [2.45, 2.75) is 4.90 Å². The van der Waals surface area contributed by atoms with E-state index < -0.39 is 5.82 Å². The summed E-state index contributed by atoms with van der Waals surface area (Å²) in [6, 6.07) is 17.8. The van der Waals surface area contributed by atoms with Crippen LogP contribution in [0.4, 0.5) is 10.1 Å². The van der Waals surface area contributed by atoms with E-state index in [0.29, 0.717) is 27.8 Å². The van der Waals surface area contributed by atoms with E-state index in [1.807, 2.05) is 30.5 Å². The highest BCUT2D eigenvalue weighted by molar-refractivity contribution is 7.98. The van der Waals surface area contributed by atoms with Crippen LogP contribution in [-0.2, 0) is 0 Å². The number of aromatic nitrogens is 2. The molecule has 1 aromatic heterocycles. The van der Waals surface area contributed by atoms with E-state index in [9.17, 15) is 14.0 Å². The molecule has 4 rings (SSSR count). The van der Waals surface area contributed by atoms with Crippen molar-refractivity contribution in [2.24, 2.45) is 0 Å². The normalized spacial score (nSPS) is 10.9. The van der Waals surface area contributed by atoms with E-state index in [4.69, 9.17) is 12.2 Å². The highest BCUT2D eigenvalue weighted by Gasteiger charge is 2.12. The standard InChI is InChI=1S/C22H16FN3O2S2/c1-30-17-9-5-15(6-10-17)24-20(27)13-2-11-18-19(12-13)25-22(29)26(21(18)28)16-7-3-14(23)4-8-16/h2-12H,1H3,(H,24,27)(H,25,29). The molecule has 8 heteroatoms. The number of halogens is 1. The van der Waals surface area contributed by atoms with Gasteiger partial charge in [0.2, 0.25) is 0 Å². The van der Waals surface area contributed by atoms with Crippen molar-refractivity contribution < 1.29 is 9.18 Å². The molecule has 150 valence electrons. The van der Waals surface area contributed by atoms with Gasteiger partial charge in [0.1, 0.15) is 5.82 Å². The molecule has 0 saturated heterocycles. The average Bonchev–Trinajstić information content (AvgIpc) is 2.75. The first-order valence-corrected chi connectivity index (χ1v) is 10.6. The lowest BCUT2D eigenvalue weighted by Gasteiger charge is -2.10. The second kappa shape index (κ2) is 8.25. The number of hydrogen-bond donors (Lipinski definition) is 2. The number of thioether (sulfide) groups is 1. The highest BCUT2D eigenvalue weighted by atomic mass is 32.2. The summed E-state index contributed by atoms with van der Waals surface area (Å²) in [5.41, 5.74) is 1.63. The van der Waals surface area contributed by atoms with Gasteiger partial charge in [0.15, 0.2) is 4.77 Å². The summed E-state index contributed by atoms with van der Waals surface area (Å²) in [7, 11) is 0. The zero-order valence-corrected chi connectivity index (χ0v) is 17.4. The Balaban J connectivity index is 1.70. The van der Waals surface area contributed by atoms with Gasteiger partial charge in [0.25, 0.3) is 11.5 Å². The van der Waals surface area contributed by atoms with Gasteiger partial charge in [0, 0.05) is 16.1 Å². The first-order valence-electron chi connectivity index (χ1n) is 8.97. The van der Waals surface area contributed by atoms with Gasteiger partial charge in [0.05, 0.1) is 16.6 Å². The van der Waals surface area contributed by atoms with Gasteiger partial charge in [-0.2, -0.15) is 0 Å². The predicted octanol–water partition coefficient (Wildman–Crippen LogP) is 5.16. The molecule has 0 aliphatic heterocycles. The topological polar surface area (TPSA) is 66.9 Å². The van der Waals surface area contributed by atoms with E-state index in [-0.39, 0.29) is 16.2 Å². The molecule has 30 heavy (non-hydrogen) atoms.